The van der Waals surface area contributed by atoms with Gasteiger partial charge in [-0.15, -0.1) is 0 Å². The molecule has 2 aliphatic rings. The van der Waals surface area contributed by atoms with E-state index in [1.807, 2.05) is 71.5 Å². The zero-order chi connectivity index (χ0) is 36.2. The highest BCUT2D eigenvalue weighted by Gasteiger charge is 2.23. The van der Waals surface area contributed by atoms with Crippen LogP contribution in [-0.4, -0.2) is 73.1 Å². The average Bonchev–Trinajstić information content (AvgIpc) is 3.91. The van der Waals surface area contributed by atoms with Crippen molar-refractivity contribution in [3.63, 3.8) is 0 Å². The molecule has 2 saturated heterocycles. The van der Waals surface area contributed by atoms with Gasteiger partial charge in [0.15, 0.2) is 0 Å². The van der Waals surface area contributed by atoms with E-state index in [1.165, 1.54) is 0 Å². The molecular weight excluding hydrogens is 682 g/mol. The molecule has 270 valence electrons. The van der Waals surface area contributed by atoms with Gasteiger partial charge in [0, 0.05) is 85.3 Å². The monoisotopic (exact) mass is 723 g/mol. The average molecular weight is 724 g/mol. The number of hydrogen-bond donors (Lipinski definition) is 4. The molecule has 0 saturated carbocycles. The first-order chi connectivity index (χ1) is 25.4. The van der Waals surface area contributed by atoms with Crippen molar-refractivity contribution in [2.45, 2.75) is 50.9 Å². The maximum Gasteiger partial charge on any atom is 0.220 e. The Bertz CT molecular complexity index is 2090. The molecule has 4 heterocycles. The third-order valence-electron chi connectivity index (χ3n) is 9.72. The third kappa shape index (κ3) is 7.27. The van der Waals surface area contributed by atoms with Crippen molar-refractivity contribution in [1.29, 1.82) is 0 Å². The minimum atomic E-state index is 0.0944. The van der Waals surface area contributed by atoms with E-state index in [4.69, 9.17) is 35.9 Å². The smallest absolute Gasteiger partial charge is 0.220 e. The van der Waals surface area contributed by atoms with Crippen molar-refractivity contribution >= 4 is 34.3 Å². The van der Waals surface area contributed by atoms with E-state index >= 15 is 0 Å². The van der Waals surface area contributed by atoms with Crippen molar-refractivity contribution < 1.29 is 23.8 Å². The fourth-order valence-electron chi connectivity index (χ4n) is 7.04. The summed E-state index contributed by atoms with van der Waals surface area (Å²) in [6, 6.07) is 20.1. The summed E-state index contributed by atoms with van der Waals surface area (Å²) in [6.07, 6.45) is 4.64. The molecule has 2 amide bonds. The lowest BCUT2D eigenvalue weighted by atomic mass is 9.98. The Morgan fingerprint density at radius 2 is 1.44 bits per heavy atom. The molecule has 0 spiro atoms. The summed E-state index contributed by atoms with van der Waals surface area (Å²) in [7, 11) is 4.89. The molecule has 0 radical (unpaired) electrons. The van der Waals surface area contributed by atoms with E-state index in [-0.39, 0.29) is 23.9 Å². The quantitative estimate of drug-likeness (QED) is 0.122. The van der Waals surface area contributed by atoms with E-state index in [0.717, 1.165) is 57.2 Å². The Balaban J connectivity index is 1.14. The molecule has 52 heavy (non-hydrogen) atoms. The molecule has 0 bridgehead atoms. The Labute approximate surface area is 307 Å². The first-order valence-corrected chi connectivity index (χ1v) is 17.8. The van der Waals surface area contributed by atoms with Crippen molar-refractivity contribution in [3.05, 3.63) is 83.0 Å². The van der Waals surface area contributed by atoms with Crippen molar-refractivity contribution in [3.8, 4) is 45.5 Å². The third-order valence-corrected chi connectivity index (χ3v) is 10.1. The SMILES string of the molecule is COc1cc(-n2ncc3c(-c4cccc(-c5ccc(CNC[C@@H]6CCC(=O)N6)c(OC)n5)c4Cl)cccc32)cc(OC)c1CNC[C@@H]1CCC(=O)N1. The summed E-state index contributed by atoms with van der Waals surface area (Å²) in [5.41, 5.74) is 6.73. The number of aromatic nitrogens is 3. The van der Waals surface area contributed by atoms with Crippen LogP contribution >= 0.6 is 11.6 Å². The fraction of sp³-hybridized carbons (Fsp3) is 0.333. The second kappa shape index (κ2) is 15.6. The highest BCUT2D eigenvalue weighted by atomic mass is 35.5. The number of pyridine rings is 1. The number of nitrogens with one attached hydrogen (secondary N) is 4. The van der Waals surface area contributed by atoms with Crippen LogP contribution in [0.5, 0.6) is 17.4 Å². The molecule has 2 atom stereocenters. The molecule has 0 aliphatic carbocycles. The summed E-state index contributed by atoms with van der Waals surface area (Å²) in [5.74, 6) is 2.04. The standard InChI is InChI=1S/C39H42ClN7O5/c1-50-34-16-26(17-35(51-2)31(34)21-42-20-25-12-15-37(49)45-25)47-33-9-5-6-27(30(33)22-43-47)28-7-4-8-29(38(28)40)32-13-10-23(39(46-32)52-3)18-41-19-24-11-14-36(48)44-24/h4-10,13,16-17,22,24-25,41-42H,11-12,14-15,18-21H2,1-3H3,(H,44,48)(H,45,49)/t24-,25-/m0/s1. The number of carbonyl (C=O) groups excluding carboxylic acids is 2. The number of carbonyl (C=O) groups is 2. The molecule has 12 nitrogen and oxygen atoms in total. The number of nitrogens with zero attached hydrogens (tertiary/aromatic N) is 3. The van der Waals surface area contributed by atoms with Crippen LogP contribution in [0.15, 0.2) is 66.9 Å². The Morgan fingerprint density at radius 1 is 0.808 bits per heavy atom. The van der Waals surface area contributed by atoms with Crippen LogP contribution in [0.4, 0.5) is 0 Å². The van der Waals surface area contributed by atoms with Crippen molar-refractivity contribution in [2.75, 3.05) is 34.4 Å². The summed E-state index contributed by atoms with van der Waals surface area (Å²) in [6.45, 7) is 2.41. The van der Waals surface area contributed by atoms with Gasteiger partial charge in [-0.3, -0.25) is 9.59 Å². The molecule has 4 N–H and O–H groups in total. The maximum absolute atomic E-state index is 11.6. The summed E-state index contributed by atoms with van der Waals surface area (Å²) < 4.78 is 19.2. The number of halogens is 1. The number of hydrogen-bond acceptors (Lipinski definition) is 9. The topological polar surface area (TPSA) is 141 Å². The van der Waals surface area contributed by atoms with Crippen LogP contribution in [0, 0.1) is 0 Å². The zero-order valence-electron chi connectivity index (χ0n) is 29.4. The molecular formula is C39H42ClN7O5. The molecule has 7 rings (SSSR count). The maximum atomic E-state index is 11.6. The predicted octanol–water partition coefficient (Wildman–Crippen LogP) is 5.17. The minimum absolute atomic E-state index is 0.0944. The lowest BCUT2D eigenvalue weighted by Crippen LogP contribution is -2.35. The van der Waals surface area contributed by atoms with Gasteiger partial charge in [0.25, 0.3) is 0 Å². The van der Waals surface area contributed by atoms with Gasteiger partial charge in [0.1, 0.15) is 11.5 Å². The van der Waals surface area contributed by atoms with Crippen molar-refractivity contribution in [1.82, 2.24) is 36.0 Å². The Kier molecular flexibility index (Phi) is 10.6. The van der Waals surface area contributed by atoms with Gasteiger partial charge < -0.3 is 35.5 Å². The van der Waals surface area contributed by atoms with Crippen LogP contribution in [0.2, 0.25) is 5.02 Å². The van der Waals surface area contributed by atoms with Gasteiger partial charge in [0.2, 0.25) is 17.7 Å². The van der Waals surface area contributed by atoms with Gasteiger partial charge in [-0.25, -0.2) is 9.67 Å². The van der Waals surface area contributed by atoms with Crippen LogP contribution in [0.3, 0.4) is 0 Å². The van der Waals surface area contributed by atoms with Gasteiger partial charge in [0.05, 0.1) is 55.0 Å². The van der Waals surface area contributed by atoms with Crippen LogP contribution in [0.1, 0.15) is 36.8 Å². The van der Waals surface area contributed by atoms with Gasteiger partial charge in [-0.1, -0.05) is 48.0 Å². The van der Waals surface area contributed by atoms with E-state index in [1.54, 1.807) is 21.3 Å². The summed E-state index contributed by atoms with van der Waals surface area (Å²) >= 11 is 7.18. The minimum Gasteiger partial charge on any atom is -0.496 e. The fourth-order valence-corrected chi connectivity index (χ4v) is 7.36. The van der Waals surface area contributed by atoms with Crippen LogP contribution < -0.4 is 35.5 Å². The highest BCUT2D eigenvalue weighted by molar-refractivity contribution is 6.36. The number of methoxy groups -OCH3 is 3. The van der Waals surface area contributed by atoms with Crippen LogP contribution in [-0.2, 0) is 22.7 Å². The zero-order valence-corrected chi connectivity index (χ0v) is 30.2. The van der Waals surface area contributed by atoms with Gasteiger partial charge in [-0.05, 0) is 30.5 Å². The molecule has 13 heteroatoms. The molecule has 2 aliphatic heterocycles. The molecule has 2 aromatic heterocycles. The normalized spacial score (nSPS) is 17.0. The number of amides is 2. The number of benzene rings is 3. The van der Waals surface area contributed by atoms with Crippen molar-refractivity contribution in [2.24, 2.45) is 0 Å². The molecule has 5 aromatic rings. The number of ether oxygens (including phenoxy) is 3. The van der Waals surface area contributed by atoms with Gasteiger partial charge >= 0.3 is 0 Å². The summed E-state index contributed by atoms with van der Waals surface area (Å²) in [4.78, 5) is 28.0. The Hall–Kier alpha value is -5.17. The first kappa shape index (κ1) is 35.2. The molecule has 0 unspecified atom stereocenters. The highest BCUT2D eigenvalue weighted by Crippen LogP contribution is 2.40. The van der Waals surface area contributed by atoms with E-state index in [0.29, 0.717) is 67.1 Å². The number of rotatable bonds is 14. The first-order valence-electron chi connectivity index (χ1n) is 17.4. The van der Waals surface area contributed by atoms with Gasteiger partial charge in [-0.2, -0.15) is 5.10 Å². The predicted molar refractivity (Wildman–Crippen MR) is 200 cm³/mol. The second-order valence-electron chi connectivity index (χ2n) is 13.0. The summed E-state index contributed by atoms with van der Waals surface area (Å²) in [5, 5.41) is 19.1. The Morgan fingerprint density at radius 3 is 2.08 bits per heavy atom. The largest absolute Gasteiger partial charge is 0.496 e. The lowest BCUT2D eigenvalue weighted by Gasteiger charge is -2.18. The number of fused-ring (bicyclic) bond motifs is 1. The molecule has 2 fully saturated rings. The van der Waals surface area contributed by atoms with E-state index < -0.39 is 0 Å². The van der Waals surface area contributed by atoms with Crippen LogP contribution in [0.25, 0.3) is 39.0 Å². The molecule has 3 aromatic carbocycles. The lowest BCUT2D eigenvalue weighted by molar-refractivity contribution is -0.120. The van der Waals surface area contributed by atoms with E-state index in [9.17, 15) is 9.59 Å². The second-order valence-corrected chi connectivity index (χ2v) is 13.4. The van der Waals surface area contributed by atoms with E-state index in [2.05, 4.69) is 21.3 Å².